The van der Waals surface area contributed by atoms with Crippen LogP contribution in [-0.4, -0.2) is 34.1 Å². The second kappa shape index (κ2) is 11.2. The molecule has 2 N–H and O–H groups in total. The molecule has 0 spiro atoms. The first-order chi connectivity index (χ1) is 11.8. The molecule has 3 nitrogen and oxygen atoms in total. The highest BCUT2D eigenvalue weighted by Crippen LogP contribution is 2.39. The molecule has 25 heavy (non-hydrogen) atoms. The van der Waals surface area contributed by atoms with Gasteiger partial charge >= 0.3 is 5.92 Å². The summed E-state index contributed by atoms with van der Waals surface area (Å²) in [5.74, 6) is -4.59. The molecule has 0 heterocycles. The molecule has 148 valence electrons. The monoisotopic (exact) mass is 362 g/mol. The van der Waals surface area contributed by atoms with Crippen molar-refractivity contribution in [2.45, 2.75) is 109 Å². The lowest BCUT2D eigenvalue weighted by molar-refractivity contribution is -0.144. The fraction of sp³-hybridized carbons (Fsp3) is 0.950. The van der Waals surface area contributed by atoms with E-state index >= 15 is 0 Å². The highest BCUT2D eigenvalue weighted by Gasteiger charge is 2.43. The number of aliphatic hydroxyl groups excluding tert-OH is 2. The van der Waals surface area contributed by atoms with Crippen LogP contribution < -0.4 is 0 Å². The fourth-order valence-electron chi connectivity index (χ4n) is 3.98. The molecule has 1 aliphatic rings. The third-order valence-electron chi connectivity index (χ3n) is 5.62. The summed E-state index contributed by atoms with van der Waals surface area (Å²) in [6.45, 7) is 3.97. The van der Waals surface area contributed by atoms with Gasteiger partial charge in [0.1, 0.15) is 0 Å². The largest absolute Gasteiger partial charge is 0.393 e. The summed E-state index contributed by atoms with van der Waals surface area (Å²) in [5, 5.41) is 20.3. The number of Topliss-reactive ketones (excluding diaryl/α,β-unsaturated/α-hetero) is 1. The van der Waals surface area contributed by atoms with E-state index in [-0.39, 0.29) is 31.1 Å². The smallest absolute Gasteiger partial charge is 0.305 e. The zero-order chi connectivity index (χ0) is 18.9. The lowest BCUT2D eigenvalue weighted by atomic mass is 9.84. The van der Waals surface area contributed by atoms with Crippen LogP contribution in [0.4, 0.5) is 8.78 Å². The van der Waals surface area contributed by atoms with E-state index in [2.05, 4.69) is 6.92 Å². The van der Waals surface area contributed by atoms with E-state index in [0.29, 0.717) is 19.3 Å². The van der Waals surface area contributed by atoms with Crippen molar-refractivity contribution in [2.75, 3.05) is 0 Å². The summed E-state index contributed by atoms with van der Waals surface area (Å²) >= 11 is 0. The third-order valence-corrected chi connectivity index (χ3v) is 5.62. The number of halogens is 2. The summed E-state index contributed by atoms with van der Waals surface area (Å²) in [6.07, 6.45) is 6.04. The summed E-state index contributed by atoms with van der Waals surface area (Å²) in [5.41, 5.74) is 0. The molecular weight excluding hydrogens is 326 g/mol. The van der Waals surface area contributed by atoms with Crippen molar-refractivity contribution in [2.24, 2.45) is 11.8 Å². The lowest BCUT2D eigenvalue weighted by Crippen LogP contribution is -2.30. The molecule has 1 saturated carbocycles. The highest BCUT2D eigenvalue weighted by molar-refractivity contribution is 5.85. The highest BCUT2D eigenvalue weighted by atomic mass is 19.3. The number of ketones is 1. The van der Waals surface area contributed by atoms with Crippen molar-refractivity contribution in [3.05, 3.63) is 0 Å². The fourth-order valence-corrected chi connectivity index (χ4v) is 3.98. The van der Waals surface area contributed by atoms with Crippen LogP contribution in [0, 0.1) is 11.8 Å². The van der Waals surface area contributed by atoms with Crippen molar-refractivity contribution >= 4 is 5.78 Å². The minimum atomic E-state index is -3.26. The average Bonchev–Trinajstić information content (AvgIpc) is 2.83. The minimum Gasteiger partial charge on any atom is -0.393 e. The summed E-state index contributed by atoms with van der Waals surface area (Å²) in [7, 11) is 0. The number of alkyl halides is 2. The second-order valence-corrected chi connectivity index (χ2v) is 7.67. The van der Waals surface area contributed by atoms with Gasteiger partial charge in [-0.25, -0.2) is 0 Å². The zero-order valence-electron chi connectivity index (χ0n) is 15.9. The van der Waals surface area contributed by atoms with E-state index in [1.165, 1.54) is 12.8 Å². The molecule has 0 saturated heterocycles. The van der Waals surface area contributed by atoms with Gasteiger partial charge in [0.2, 0.25) is 5.78 Å². The summed E-state index contributed by atoms with van der Waals surface area (Å²) in [6, 6.07) is 0. The summed E-state index contributed by atoms with van der Waals surface area (Å²) < 4.78 is 27.6. The predicted octanol–water partition coefficient (Wildman–Crippen LogP) is 4.88. The molecule has 5 heteroatoms. The molecule has 0 aliphatic heterocycles. The number of aliphatic hydroxyl groups is 2. The SMILES string of the molecule is CCCCCCCC1[C@@H](CCC(=O)C(F)(F)CCCC)[C@H](O)C[C@@H]1O. The Morgan fingerprint density at radius 3 is 2.08 bits per heavy atom. The number of rotatable bonds is 13. The number of unbranched alkanes of at least 4 members (excludes halogenated alkanes) is 5. The van der Waals surface area contributed by atoms with Gasteiger partial charge in [-0.15, -0.1) is 0 Å². The van der Waals surface area contributed by atoms with Crippen LogP contribution in [0.1, 0.15) is 90.9 Å². The number of hydrogen-bond donors (Lipinski definition) is 2. The van der Waals surface area contributed by atoms with Crippen LogP contribution in [0.2, 0.25) is 0 Å². The molecule has 0 aromatic heterocycles. The third kappa shape index (κ3) is 7.30. The minimum absolute atomic E-state index is 0.0753. The molecule has 0 aromatic carbocycles. The Labute approximate surface area is 151 Å². The maximum atomic E-state index is 13.8. The molecule has 0 aromatic rings. The lowest BCUT2D eigenvalue weighted by Gasteiger charge is -2.24. The van der Waals surface area contributed by atoms with Gasteiger partial charge in [-0.05, 0) is 37.5 Å². The first-order valence-electron chi connectivity index (χ1n) is 10.1. The van der Waals surface area contributed by atoms with Gasteiger partial charge in [-0.2, -0.15) is 8.78 Å². The Hall–Kier alpha value is -0.550. The van der Waals surface area contributed by atoms with Crippen LogP contribution >= 0.6 is 0 Å². The maximum Gasteiger partial charge on any atom is 0.305 e. The van der Waals surface area contributed by atoms with Crippen LogP contribution in [0.15, 0.2) is 0 Å². The van der Waals surface area contributed by atoms with E-state index in [9.17, 15) is 23.8 Å². The predicted molar refractivity (Wildman–Crippen MR) is 95.7 cm³/mol. The van der Waals surface area contributed by atoms with Crippen molar-refractivity contribution in [3.8, 4) is 0 Å². The van der Waals surface area contributed by atoms with E-state index in [4.69, 9.17) is 0 Å². The molecule has 0 bridgehead atoms. The van der Waals surface area contributed by atoms with Crippen LogP contribution in [0.3, 0.4) is 0 Å². The quantitative estimate of drug-likeness (QED) is 0.459. The van der Waals surface area contributed by atoms with E-state index in [0.717, 1.165) is 25.7 Å². The first kappa shape index (κ1) is 22.5. The maximum absolute atomic E-state index is 13.8. The average molecular weight is 363 g/mol. The van der Waals surface area contributed by atoms with Gasteiger partial charge in [-0.3, -0.25) is 4.79 Å². The van der Waals surface area contributed by atoms with Gasteiger partial charge in [-0.1, -0.05) is 52.4 Å². The van der Waals surface area contributed by atoms with E-state index in [1.807, 2.05) is 6.92 Å². The molecule has 1 unspecified atom stereocenters. The molecule has 0 amide bonds. The Morgan fingerprint density at radius 1 is 0.920 bits per heavy atom. The summed E-state index contributed by atoms with van der Waals surface area (Å²) in [4.78, 5) is 11.9. The molecule has 1 rings (SSSR count). The Bertz CT molecular complexity index is 387. The Kier molecular flexibility index (Phi) is 10.1. The second-order valence-electron chi connectivity index (χ2n) is 7.67. The number of hydrogen-bond acceptors (Lipinski definition) is 3. The van der Waals surface area contributed by atoms with Gasteiger partial charge in [0.05, 0.1) is 12.2 Å². The van der Waals surface area contributed by atoms with Gasteiger partial charge in [0.25, 0.3) is 0 Å². The van der Waals surface area contributed by atoms with Crippen LogP contribution in [0.5, 0.6) is 0 Å². The molecule has 4 atom stereocenters. The number of carbonyl (C=O) groups excluding carboxylic acids is 1. The first-order valence-corrected chi connectivity index (χ1v) is 10.1. The molecular formula is C20H36F2O3. The molecule has 1 fully saturated rings. The molecule has 0 radical (unpaired) electrons. The van der Waals surface area contributed by atoms with Crippen LogP contribution in [0.25, 0.3) is 0 Å². The van der Waals surface area contributed by atoms with Crippen molar-refractivity contribution in [3.63, 3.8) is 0 Å². The van der Waals surface area contributed by atoms with Crippen molar-refractivity contribution < 1.29 is 23.8 Å². The van der Waals surface area contributed by atoms with Gasteiger partial charge in [0, 0.05) is 12.8 Å². The van der Waals surface area contributed by atoms with Gasteiger partial charge in [0.15, 0.2) is 0 Å². The Morgan fingerprint density at radius 2 is 1.48 bits per heavy atom. The van der Waals surface area contributed by atoms with Crippen molar-refractivity contribution in [1.82, 2.24) is 0 Å². The van der Waals surface area contributed by atoms with E-state index < -0.39 is 23.9 Å². The molecule has 1 aliphatic carbocycles. The van der Waals surface area contributed by atoms with Gasteiger partial charge < -0.3 is 10.2 Å². The topological polar surface area (TPSA) is 57.5 Å². The standard InChI is InChI=1S/C20H36F2O3/c1-3-5-7-8-9-10-15-16(18(24)14-17(15)23)11-12-19(25)20(21,22)13-6-4-2/h15-18,23-24H,3-14H2,1-2H3/t15?,16-,17+,18-/m1/s1. The zero-order valence-corrected chi connectivity index (χ0v) is 15.9. The van der Waals surface area contributed by atoms with E-state index in [1.54, 1.807) is 0 Å². The van der Waals surface area contributed by atoms with Crippen LogP contribution in [-0.2, 0) is 4.79 Å². The number of carbonyl (C=O) groups is 1. The normalized spacial score (nSPS) is 27.0. The Balaban J connectivity index is 2.48. The van der Waals surface area contributed by atoms with Crippen molar-refractivity contribution in [1.29, 1.82) is 0 Å².